The second-order valence-electron chi connectivity index (χ2n) is 8.53. The molecule has 0 aliphatic carbocycles. The van der Waals surface area contributed by atoms with Gasteiger partial charge in [-0.2, -0.15) is 0 Å². The first-order chi connectivity index (χ1) is 18.0. The zero-order chi connectivity index (χ0) is 27.9. The molecule has 0 aromatic heterocycles. The van der Waals surface area contributed by atoms with E-state index in [0.29, 0.717) is 18.0 Å². The van der Waals surface area contributed by atoms with Crippen molar-refractivity contribution in [3.63, 3.8) is 0 Å². The Kier molecular flexibility index (Phi) is 10.1. The van der Waals surface area contributed by atoms with Gasteiger partial charge in [-0.3, -0.25) is 13.9 Å². The Labute approximate surface area is 232 Å². The summed E-state index contributed by atoms with van der Waals surface area (Å²) in [4.78, 5) is 27.6. The van der Waals surface area contributed by atoms with Gasteiger partial charge >= 0.3 is 0 Å². The summed E-state index contributed by atoms with van der Waals surface area (Å²) in [5.74, 6) is -1.69. The van der Waals surface area contributed by atoms with E-state index in [1.54, 1.807) is 18.2 Å². The van der Waals surface area contributed by atoms with E-state index in [0.717, 1.165) is 4.31 Å². The van der Waals surface area contributed by atoms with Crippen LogP contribution in [0.5, 0.6) is 0 Å². The van der Waals surface area contributed by atoms with Crippen molar-refractivity contribution in [2.75, 3.05) is 17.4 Å². The van der Waals surface area contributed by atoms with Crippen LogP contribution < -0.4 is 9.62 Å². The fraction of sp³-hybridized carbons (Fsp3) is 0.259. The average molecular weight is 581 g/mol. The summed E-state index contributed by atoms with van der Waals surface area (Å²) in [6, 6.07) is 16.5. The van der Waals surface area contributed by atoms with Crippen LogP contribution in [-0.4, -0.2) is 44.3 Å². The van der Waals surface area contributed by atoms with E-state index >= 15 is 0 Å². The van der Waals surface area contributed by atoms with Crippen LogP contribution in [0.4, 0.5) is 10.1 Å². The zero-order valence-corrected chi connectivity index (χ0v) is 23.2. The Balaban J connectivity index is 2.03. The summed E-state index contributed by atoms with van der Waals surface area (Å²) in [5, 5.41) is 3.34. The number of carbonyl (C=O) groups excluding carboxylic acids is 2. The number of carbonyl (C=O) groups is 2. The van der Waals surface area contributed by atoms with Crippen LogP contribution >= 0.6 is 23.2 Å². The van der Waals surface area contributed by atoms with Gasteiger partial charge in [0.25, 0.3) is 10.0 Å². The molecule has 0 aliphatic rings. The molecule has 0 aliphatic heterocycles. The molecule has 3 aromatic rings. The third-order valence-corrected chi connectivity index (χ3v) is 8.07. The van der Waals surface area contributed by atoms with E-state index in [4.69, 9.17) is 23.2 Å². The standard InChI is InChI=1S/C27H28Cl2FN3O4S/c1-3-15-31-27(35)19(2)32(17-20-7-4-5-10-25(20)30)26(34)18-33(23-9-6-8-22(29)16-23)38(36,37)24-13-11-21(28)12-14-24/h4-14,16,19H,3,15,17-18H2,1-2H3,(H,31,35)/t19-/m1/s1. The van der Waals surface area contributed by atoms with Crippen LogP contribution in [0, 0.1) is 5.82 Å². The topological polar surface area (TPSA) is 86.8 Å². The van der Waals surface area contributed by atoms with Crippen molar-refractivity contribution in [1.29, 1.82) is 0 Å². The first-order valence-electron chi connectivity index (χ1n) is 11.9. The Morgan fingerprint density at radius 2 is 1.66 bits per heavy atom. The van der Waals surface area contributed by atoms with Crippen LogP contribution in [0.3, 0.4) is 0 Å². The third kappa shape index (κ3) is 7.24. The molecule has 1 atom stereocenters. The number of nitrogens with zero attached hydrogens (tertiary/aromatic N) is 2. The second kappa shape index (κ2) is 13.1. The van der Waals surface area contributed by atoms with Gasteiger partial charge in [0.1, 0.15) is 18.4 Å². The molecular weight excluding hydrogens is 552 g/mol. The van der Waals surface area contributed by atoms with E-state index in [1.165, 1.54) is 66.4 Å². The molecule has 0 radical (unpaired) electrons. The molecule has 0 bridgehead atoms. The molecule has 0 heterocycles. The quantitative estimate of drug-likeness (QED) is 0.335. The molecule has 0 saturated heterocycles. The van der Waals surface area contributed by atoms with E-state index in [9.17, 15) is 22.4 Å². The first-order valence-corrected chi connectivity index (χ1v) is 14.1. The number of nitrogens with one attached hydrogen (secondary N) is 1. The van der Waals surface area contributed by atoms with Gasteiger partial charge in [0.05, 0.1) is 10.6 Å². The molecule has 3 rings (SSSR count). The van der Waals surface area contributed by atoms with Crippen LogP contribution in [0.15, 0.2) is 77.7 Å². The number of anilines is 1. The molecule has 1 N–H and O–H groups in total. The van der Waals surface area contributed by atoms with Gasteiger partial charge in [-0.15, -0.1) is 0 Å². The summed E-state index contributed by atoms with van der Waals surface area (Å²) in [5.41, 5.74) is 0.334. The van der Waals surface area contributed by atoms with Crippen LogP contribution in [0.2, 0.25) is 10.0 Å². The Morgan fingerprint density at radius 3 is 2.29 bits per heavy atom. The predicted molar refractivity (Wildman–Crippen MR) is 147 cm³/mol. The molecule has 11 heteroatoms. The Hall–Kier alpha value is -3.14. The number of hydrogen-bond acceptors (Lipinski definition) is 4. The molecule has 0 unspecified atom stereocenters. The highest BCUT2D eigenvalue weighted by molar-refractivity contribution is 7.92. The summed E-state index contributed by atoms with van der Waals surface area (Å²) >= 11 is 12.1. The third-order valence-electron chi connectivity index (χ3n) is 5.79. The average Bonchev–Trinajstić information content (AvgIpc) is 2.89. The molecule has 202 valence electrons. The number of rotatable bonds is 11. The molecule has 38 heavy (non-hydrogen) atoms. The molecule has 0 spiro atoms. The van der Waals surface area contributed by atoms with Gasteiger partial charge in [0.2, 0.25) is 11.8 Å². The zero-order valence-electron chi connectivity index (χ0n) is 20.9. The second-order valence-corrected chi connectivity index (χ2v) is 11.3. The lowest BCUT2D eigenvalue weighted by Crippen LogP contribution is -2.51. The Morgan fingerprint density at radius 1 is 0.974 bits per heavy atom. The summed E-state index contributed by atoms with van der Waals surface area (Å²) < 4.78 is 42.8. The number of halogens is 3. The lowest BCUT2D eigenvalue weighted by molar-refractivity contribution is -0.139. The predicted octanol–water partition coefficient (Wildman–Crippen LogP) is 5.27. The molecule has 0 saturated carbocycles. The minimum atomic E-state index is -4.26. The van der Waals surface area contributed by atoms with Gasteiger partial charge in [-0.25, -0.2) is 12.8 Å². The molecule has 0 fully saturated rings. The number of benzene rings is 3. The fourth-order valence-corrected chi connectivity index (χ4v) is 5.40. The van der Waals surface area contributed by atoms with Crippen molar-refractivity contribution < 1.29 is 22.4 Å². The van der Waals surface area contributed by atoms with Crippen molar-refractivity contribution in [3.8, 4) is 0 Å². The minimum Gasteiger partial charge on any atom is -0.354 e. The van der Waals surface area contributed by atoms with Crippen LogP contribution in [-0.2, 0) is 26.2 Å². The van der Waals surface area contributed by atoms with Gasteiger partial charge < -0.3 is 10.2 Å². The minimum absolute atomic E-state index is 0.0935. The van der Waals surface area contributed by atoms with Gasteiger partial charge in [-0.05, 0) is 61.9 Å². The summed E-state index contributed by atoms with van der Waals surface area (Å²) in [6.07, 6.45) is 0.682. The normalized spacial score (nSPS) is 12.0. The highest BCUT2D eigenvalue weighted by Crippen LogP contribution is 2.27. The summed E-state index contributed by atoms with van der Waals surface area (Å²) in [7, 11) is -4.26. The van der Waals surface area contributed by atoms with Gasteiger partial charge in [0, 0.05) is 28.7 Å². The smallest absolute Gasteiger partial charge is 0.264 e. The summed E-state index contributed by atoms with van der Waals surface area (Å²) in [6.45, 7) is 2.89. The van der Waals surface area contributed by atoms with Crippen LogP contribution in [0.25, 0.3) is 0 Å². The van der Waals surface area contributed by atoms with Gasteiger partial charge in [0.15, 0.2) is 0 Å². The number of hydrogen-bond donors (Lipinski definition) is 1. The maximum absolute atomic E-state index is 14.5. The number of sulfonamides is 1. The highest BCUT2D eigenvalue weighted by atomic mass is 35.5. The van der Waals surface area contributed by atoms with Crippen molar-refractivity contribution in [3.05, 3.63) is 94.2 Å². The lowest BCUT2D eigenvalue weighted by atomic mass is 10.1. The SMILES string of the molecule is CCCNC(=O)[C@@H](C)N(Cc1ccccc1F)C(=O)CN(c1cccc(Cl)c1)S(=O)(=O)c1ccc(Cl)cc1. The van der Waals surface area contributed by atoms with E-state index in [2.05, 4.69) is 5.32 Å². The van der Waals surface area contributed by atoms with E-state index in [1.807, 2.05) is 6.92 Å². The van der Waals surface area contributed by atoms with Crippen molar-refractivity contribution in [1.82, 2.24) is 10.2 Å². The molecule has 2 amide bonds. The van der Waals surface area contributed by atoms with E-state index in [-0.39, 0.29) is 27.7 Å². The van der Waals surface area contributed by atoms with Crippen molar-refractivity contribution >= 4 is 50.7 Å². The van der Waals surface area contributed by atoms with Crippen molar-refractivity contribution in [2.45, 2.75) is 37.8 Å². The van der Waals surface area contributed by atoms with E-state index < -0.39 is 40.2 Å². The largest absolute Gasteiger partial charge is 0.354 e. The molecule has 7 nitrogen and oxygen atoms in total. The Bertz CT molecular complexity index is 1390. The fourth-order valence-electron chi connectivity index (χ4n) is 3.68. The first kappa shape index (κ1) is 29.4. The molecule has 3 aromatic carbocycles. The highest BCUT2D eigenvalue weighted by Gasteiger charge is 2.33. The monoisotopic (exact) mass is 579 g/mol. The lowest BCUT2D eigenvalue weighted by Gasteiger charge is -2.32. The maximum Gasteiger partial charge on any atom is 0.264 e. The maximum atomic E-state index is 14.5. The number of amides is 2. The van der Waals surface area contributed by atoms with Crippen molar-refractivity contribution in [2.24, 2.45) is 0 Å². The molecular formula is C27H28Cl2FN3O4S. The van der Waals surface area contributed by atoms with Gasteiger partial charge in [-0.1, -0.05) is 54.4 Å². The van der Waals surface area contributed by atoms with Crippen LogP contribution in [0.1, 0.15) is 25.8 Å².